The number of nitrogen functional groups attached to an aromatic ring is 1. The number of hydrogen-bond acceptors (Lipinski definition) is 2. The molecule has 2 nitrogen and oxygen atoms in total. The largest absolute Gasteiger partial charge is 0.489 e. The van der Waals surface area contributed by atoms with E-state index in [0.29, 0.717) is 0 Å². The molecule has 1 rings (SSSR count). The van der Waals surface area contributed by atoms with Crippen molar-refractivity contribution in [3.63, 3.8) is 0 Å². The van der Waals surface area contributed by atoms with E-state index in [4.69, 9.17) is 10.5 Å². The Labute approximate surface area is 105 Å². The van der Waals surface area contributed by atoms with Gasteiger partial charge in [0, 0.05) is 0 Å². The van der Waals surface area contributed by atoms with Crippen molar-refractivity contribution in [2.75, 3.05) is 5.73 Å². The molecule has 1 atom stereocenters. The van der Waals surface area contributed by atoms with E-state index in [1.54, 1.807) is 0 Å². The molecule has 1 unspecified atom stereocenters. The maximum atomic E-state index is 6.05. The molecule has 0 amide bonds. The van der Waals surface area contributed by atoms with Crippen LogP contribution in [0, 0.1) is 0 Å². The van der Waals surface area contributed by atoms with Crippen LogP contribution in [0.1, 0.15) is 53.0 Å². The molecule has 0 aliphatic carbocycles. The van der Waals surface area contributed by atoms with Crippen molar-refractivity contribution in [3.8, 4) is 5.75 Å². The fraction of sp³-hybridized carbons (Fsp3) is 0.600. The lowest BCUT2D eigenvalue weighted by Crippen LogP contribution is -2.16. The molecule has 0 radical (unpaired) electrons. The predicted octanol–water partition coefficient (Wildman–Crippen LogP) is 4.13. The first-order valence-electron chi connectivity index (χ1n) is 6.47. The predicted molar refractivity (Wildman–Crippen MR) is 74.6 cm³/mol. The zero-order valence-electron chi connectivity index (χ0n) is 11.7. The van der Waals surface area contributed by atoms with Crippen molar-refractivity contribution in [2.45, 2.75) is 59.0 Å². The minimum atomic E-state index is 0.170. The van der Waals surface area contributed by atoms with Crippen molar-refractivity contribution in [1.82, 2.24) is 0 Å². The maximum Gasteiger partial charge on any atom is 0.142 e. The minimum Gasteiger partial charge on any atom is -0.489 e. The molecule has 0 bridgehead atoms. The minimum absolute atomic E-state index is 0.170. The fourth-order valence-electron chi connectivity index (χ4n) is 1.58. The lowest BCUT2D eigenvalue weighted by molar-refractivity contribution is 0.218. The van der Waals surface area contributed by atoms with Crippen LogP contribution in [-0.2, 0) is 5.41 Å². The van der Waals surface area contributed by atoms with Crippen LogP contribution in [0.3, 0.4) is 0 Å². The molecule has 0 saturated heterocycles. The Balaban J connectivity index is 2.94. The van der Waals surface area contributed by atoms with Gasteiger partial charge in [0.2, 0.25) is 0 Å². The van der Waals surface area contributed by atoms with E-state index in [-0.39, 0.29) is 11.5 Å². The normalized spacial score (nSPS) is 13.5. The second-order valence-corrected chi connectivity index (χ2v) is 5.33. The zero-order chi connectivity index (χ0) is 13.1. The van der Waals surface area contributed by atoms with E-state index in [0.717, 1.165) is 24.3 Å². The summed E-state index contributed by atoms with van der Waals surface area (Å²) in [6.07, 6.45) is 2.29. The third kappa shape index (κ3) is 3.39. The highest BCUT2D eigenvalue weighted by Gasteiger charge is 2.19. The Hall–Kier alpha value is -1.18. The van der Waals surface area contributed by atoms with Gasteiger partial charge in [-0.1, -0.05) is 33.8 Å². The van der Waals surface area contributed by atoms with Crippen molar-refractivity contribution in [3.05, 3.63) is 23.8 Å². The van der Waals surface area contributed by atoms with E-state index in [9.17, 15) is 0 Å². The van der Waals surface area contributed by atoms with Gasteiger partial charge in [-0.05, 0) is 42.9 Å². The number of ether oxygens (including phenoxy) is 1. The fourth-order valence-corrected chi connectivity index (χ4v) is 1.58. The molecule has 0 saturated carbocycles. The number of anilines is 1. The van der Waals surface area contributed by atoms with Gasteiger partial charge >= 0.3 is 0 Å². The van der Waals surface area contributed by atoms with E-state index in [1.807, 2.05) is 12.1 Å². The van der Waals surface area contributed by atoms with Crippen molar-refractivity contribution >= 4 is 5.69 Å². The third-order valence-electron chi connectivity index (χ3n) is 3.58. The summed E-state index contributed by atoms with van der Waals surface area (Å²) in [5.74, 6) is 0.801. The summed E-state index contributed by atoms with van der Waals surface area (Å²) in [4.78, 5) is 0. The van der Waals surface area contributed by atoms with E-state index in [1.165, 1.54) is 5.56 Å². The van der Waals surface area contributed by atoms with E-state index < -0.39 is 0 Å². The highest BCUT2D eigenvalue weighted by molar-refractivity contribution is 5.55. The highest BCUT2D eigenvalue weighted by atomic mass is 16.5. The summed E-state index contributed by atoms with van der Waals surface area (Å²) in [7, 11) is 0. The van der Waals surface area contributed by atoms with Crippen LogP contribution in [0.5, 0.6) is 5.75 Å². The molecular weight excluding hydrogens is 210 g/mol. The van der Waals surface area contributed by atoms with Gasteiger partial charge in [-0.15, -0.1) is 0 Å². The molecule has 1 aromatic rings. The zero-order valence-corrected chi connectivity index (χ0v) is 11.7. The summed E-state index contributed by atoms with van der Waals surface area (Å²) < 4.78 is 5.77. The van der Waals surface area contributed by atoms with Crippen LogP contribution in [-0.4, -0.2) is 6.10 Å². The van der Waals surface area contributed by atoms with Gasteiger partial charge in [0.05, 0.1) is 11.8 Å². The summed E-state index contributed by atoms with van der Waals surface area (Å²) >= 11 is 0. The second kappa shape index (κ2) is 5.44. The molecular formula is C15H25NO. The van der Waals surface area contributed by atoms with Crippen LogP contribution in [0.25, 0.3) is 0 Å². The molecule has 2 heteroatoms. The number of rotatable bonds is 5. The first kappa shape index (κ1) is 13.9. The summed E-state index contributed by atoms with van der Waals surface area (Å²) in [6.45, 7) is 10.8. The Morgan fingerprint density at radius 3 is 2.41 bits per heavy atom. The lowest BCUT2D eigenvalue weighted by Gasteiger charge is -2.24. The van der Waals surface area contributed by atoms with Gasteiger partial charge in [-0.2, -0.15) is 0 Å². The van der Waals surface area contributed by atoms with Gasteiger partial charge in [0.15, 0.2) is 0 Å². The van der Waals surface area contributed by atoms with E-state index in [2.05, 4.69) is 40.7 Å². The Morgan fingerprint density at radius 1 is 1.29 bits per heavy atom. The first-order valence-corrected chi connectivity index (χ1v) is 6.47. The summed E-state index contributed by atoms with van der Waals surface area (Å²) in [5.41, 5.74) is 8.23. The quantitative estimate of drug-likeness (QED) is 0.779. The average molecular weight is 235 g/mol. The highest BCUT2D eigenvalue weighted by Crippen LogP contribution is 2.32. The van der Waals surface area contributed by atoms with Crippen molar-refractivity contribution in [2.24, 2.45) is 0 Å². The lowest BCUT2D eigenvalue weighted by atomic mass is 9.82. The Kier molecular flexibility index (Phi) is 4.44. The van der Waals surface area contributed by atoms with Gasteiger partial charge in [0.1, 0.15) is 5.75 Å². The van der Waals surface area contributed by atoms with E-state index >= 15 is 0 Å². The summed E-state index contributed by atoms with van der Waals surface area (Å²) in [6, 6.07) is 6.16. The number of benzene rings is 1. The molecule has 17 heavy (non-hydrogen) atoms. The molecule has 96 valence electrons. The molecule has 0 aromatic heterocycles. The number of hydrogen-bond donors (Lipinski definition) is 1. The standard InChI is InChI=1S/C15H25NO/c1-6-11(3)17-14-9-8-12(10-13(14)16)15(4,5)7-2/h8-11H,6-7,16H2,1-5H3. The first-order chi connectivity index (χ1) is 7.90. The molecule has 0 fully saturated rings. The molecule has 0 aliphatic heterocycles. The van der Waals surface area contributed by atoms with Gasteiger partial charge in [0.25, 0.3) is 0 Å². The maximum absolute atomic E-state index is 6.05. The molecule has 0 heterocycles. The monoisotopic (exact) mass is 235 g/mol. The van der Waals surface area contributed by atoms with Gasteiger partial charge in [-0.3, -0.25) is 0 Å². The molecule has 1 aromatic carbocycles. The van der Waals surface area contributed by atoms with Crippen LogP contribution in [0.2, 0.25) is 0 Å². The molecule has 0 spiro atoms. The number of nitrogens with two attached hydrogens (primary N) is 1. The summed E-state index contributed by atoms with van der Waals surface area (Å²) in [5, 5.41) is 0. The average Bonchev–Trinajstić information content (AvgIpc) is 2.31. The van der Waals surface area contributed by atoms with Crippen LogP contribution in [0.4, 0.5) is 5.69 Å². The Bertz CT molecular complexity index is 371. The van der Waals surface area contributed by atoms with Crippen LogP contribution < -0.4 is 10.5 Å². The Morgan fingerprint density at radius 2 is 1.94 bits per heavy atom. The van der Waals surface area contributed by atoms with Crippen molar-refractivity contribution < 1.29 is 4.74 Å². The van der Waals surface area contributed by atoms with Crippen LogP contribution in [0.15, 0.2) is 18.2 Å². The SMILES string of the molecule is CCC(C)Oc1ccc(C(C)(C)CC)cc1N. The third-order valence-corrected chi connectivity index (χ3v) is 3.58. The van der Waals surface area contributed by atoms with Gasteiger partial charge in [-0.25, -0.2) is 0 Å². The smallest absolute Gasteiger partial charge is 0.142 e. The van der Waals surface area contributed by atoms with Crippen LogP contribution >= 0.6 is 0 Å². The second-order valence-electron chi connectivity index (χ2n) is 5.33. The topological polar surface area (TPSA) is 35.2 Å². The molecule has 2 N–H and O–H groups in total. The molecule has 0 aliphatic rings. The van der Waals surface area contributed by atoms with Gasteiger partial charge < -0.3 is 10.5 Å². The van der Waals surface area contributed by atoms with Crippen molar-refractivity contribution in [1.29, 1.82) is 0 Å².